The van der Waals surface area contributed by atoms with Crippen LogP contribution in [0, 0.1) is 26.6 Å². The van der Waals surface area contributed by atoms with Crippen molar-refractivity contribution in [1.29, 1.82) is 0 Å². The summed E-state index contributed by atoms with van der Waals surface area (Å²) < 4.78 is 16.4. The average molecular weight is 453 g/mol. The zero-order valence-corrected chi connectivity index (χ0v) is 18.7. The van der Waals surface area contributed by atoms with E-state index in [-0.39, 0.29) is 16.4 Å². The maximum atomic E-state index is 14.5. The molecule has 6 nitrogen and oxygen atoms in total. The minimum atomic E-state index is -1.07. The maximum Gasteiger partial charge on any atom is 0.337 e. The second-order valence-corrected chi connectivity index (χ2v) is 8.14. The fourth-order valence-corrected chi connectivity index (χ4v) is 4.31. The first-order chi connectivity index (χ1) is 15.3. The van der Waals surface area contributed by atoms with E-state index in [9.17, 15) is 14.3 Å². The van der Waals surface area contributed by atoms with Crippen molar-refractivity contribution in [2.75, 3.05) is 11.9 Å². The molecular weight excluding hydrogens is 431 g/mol. The molecule has 0 saturated carbocycles. The first kappa shape index (κ1) is 21.8. The van der Waals surface area contributed by atoms with Crippen molar-refractivity contribution in [3.63, 3.8) is 0 Å². The average Bonchev–Trinajstić information content (AvgIpc) is 3.08. The molecule has 4 rings (SSSR count). The summed E-state index contributed by atoms with van der Waals surface area (Å²) in [6.45, 7) is 6.74. The van der Waals surface area contributed by atoms with Gasteiger partial charge in [0.1, 0.15) is 18.0 Å². The van der Waals surface area contributed by atoms with Crippen LogP contribution in [0.4, 0.5) is 10.2 Å². The first-order valence-corrected chi connectivity index (χ1v) is 10.5. The molecule has 0 aliphatic heterocycles. The number of carboxylic acid groups (broad SMARTS) is 1. The van der Waals surface area contributed by atoms with Crippen LogP contribution in [0.25, 0.3) is 22.2 Å². The Hall–Kier alpha value is -3.45. The highest BCUT2D eigenvalue weighted by molar-refractivity contribution is 6.34. The molecule has 2 heterocycles. The van der Waals surface area contributed by atoms with Crippen molar-refractivity contribution in [2.24, 2.45) is 0 Å². The molecule has 0 fully saturated rings. The van der Waals surface area contributed by atoms with Crippen LogP contribution in [-0.2, 0) is 6.54 Å². The van der Waals surface area contributed by atoms with Crippen molar-refractivity contribution in [1.82, 2.24) is 14.5 Å². The standard InChI is InChI=1S/C24H22ClFN4O2/c1-13-4-5-19(26)23-17(13)9-15(3)30(23)7-6-27-21-11-20(28-12-29-21)16-8-14(2)22(24(31)32)18(25)10-16/h4-5,8-12H,6-7H2,1-3H3,(H,31,32)(H,27,28,29). The van der Waals surface area contributed by atoms with Gasteiger partial charge in [0.25, 0.3) is 0 Å². The Balaban J connectivity index is 1.54. The Labute approximate surface area is 189 Å². The minimum Gasteiger partial charge on any atom is -0.478 e. The number of benzene rings is 2. The van der Waals surface area contributed by atoms with Crippen LogP contribution in [0.15, 0.2) is 42.7 Å². The van der Waals surface area contributed by atoms with Crippen LogP contribution in [0.1, 0.15) is 27.2 Å². The molecule has 0 aliphatic rings. The molecule has 8 heteroatoms. The first-order valence-electron chi connectivity index (χ1n) is 10.1. The van der Waals surface area contributed by atoms with Gasteiger partial charge in [-0.1, -0.05) is 17.7 Å². The number of carbonyl (C=O) groups is 1. The highest BCUT2D eigenvalue weighted by Crippen LogP contribution is 2.29. The van der Waals surface area contributed by atoms with E-state index in [0.717, 1.165) is 16.6 Å². The highest BCUT2D eigenvalue weighted by atomic mass is 35.5. The fraction of sp³-hybridized carbons (Fsp3) is 0.208. The molecule has 164 valence electrons. The number of hydrogen-bond acceptors (Lipinski definition) is 4. The normalized spacial score (nSPS) is 11.2. The van der Waals surface area contributed by atoms with Gasteiger partial charge in [-0.25, -0.2) is 19.2 Å². The van der Waals surface area contributed by atoms with E-state index < -0.39 is 5.97 Å². The summed E-state index contributed by atoms with van der Waals surface area (Å²) >= 11 is 6.17. The van der Waals surface area contributed by atoms with E-state index in [1.54, 1.807) is 31.2 Å². The van der Waals surface area contributed by atoms with E-state index >= 15 is 0 Å². The van der Waals surface area contributed by atoms with Gasteiger partial charge in [0.2, 0.25) is 0 Å². The van der Waals surface area contributed by atoms with Gasteiger partial charge in [0.15, 0.2) is 0 Å². The lowest BCUT2D eigenvalue weighted by atomic mass is 10.0. The Morgan fingerprint density at radius 3 is 2.62 bits per heavy atom. The number of halogens is 2. The smallest absolute Gasteiger partial charge is 0.337 e. The van der Waals surface area contributed by atoms with Gasteiger partial charge in [-0.3, -0.25) is 0 Å². The Morgan fingerprint density at radius 1 is 1.12 bits per heavy atom. The topological polar surface area (TPSA) is 80.0 Å². The van der Waals surface area contributed by atoms with Gasteiger partial charge >= 0.3 is 5.97 Å². The molecule has 32 heavy (non-hydrogen) atoms. The summed E-state index contributed by atoms with van der Waals surface area (Å²) in [7, 11) is 0. The Morgan fingerprint density at radius 2 is 1.91 bits per heavy atom. The van der Waals surface area contributed by atoms with Crippen LogP contribution < -0.4 is 5.32 Å². The number of nitrogens with one attached hydrogen (secondary N) is 1. The molecule has 0 atom stereocenters. The highest BCUT2D eigenvalue weighted by Gasteiger charge is 2.15. The lowest BCUT2D eigenvalue weighted by Crippen LogP contribution is -2.13. The molecule has 0 unspecified atom stereocenters. The van der Waals surface area contributed by atoms with Crippen molar-refractivity contribution < 1.29 is 14.3 Å². The van der Waals surface area contributed by atoms with Gasteiger partial charge in [0, 0.05) is 35.8 Å². The number of anilines is 1. The predicted octanol–water partition coefficient (Wildman–Crippen LogP) is 5.63. The lowest BCUT2D eigenvalue weighted by molar-refractivity contribution is 0.0696. The van der Waals surface area contributed by atoms with Crippen molar-refractivity contribution in [3.8, 4) is 11.3 Å². The van der Waals surface area contributed by atoms with E-state index in [2.05, 4.69) is 15.3 Å². The lowest BCUT2D eigenvalue weighted by Gasteiger charge is -2.12. The van der Waals surface area contributed by atoms with Gasteiger partial charge in [0.05, 0.1) is 21.8 Å². The van der Waals surface area contributed by atoms with E-state index in [0.29, 0.717) is 41.2 Å². The molecule has 2 aromatic carbocycles. The van der Waals surface area contributed by atoms with Crippen LogP contribution in [0.2, 0.25) is 5.02 Å². The summed E-state index contributed by atoms with van der Waals surface area (Å²) in [5.41, 5.74) is 4.60. The van der Waals surface area contributed by atoms with Crippen LogP contribution in [0.5, 0.6) is 0 Å². The number of aryl methyl sites for hydroxylation is 3. The Kier molecular flexibility index (Phi) is 5.84. The van der Waals surface area contributed by atoms with Crippen molar-refractivity contribution in [3.05, 3.63) is 75.9 Å². The predicted molar refractivity (Wildman–Crippen MR) is 124 cm³/mol. The second-order valence-electron chi connectivity index (χ2n) is 7.73. The third kappa shape index (κ3) is 4.03. The summed E-state index contributed by atoms with van der Waals surface area (Å²) in [5.74, 6) is -0.694. The maximum absolute atomic E-state index is 14.5. The summed E-state index contributed by atoms with van der Waals surface area (Å²) in [6.07, 6.45) is 1.44. The quantitative estimate of drug-likeness (QED) is 0.396. The van der Waals surface area contributed by atoms with E-state index in [1.807, 2.05) is 24.5 Å². The third-order valence-electron chi connectivity index (χ3n) is 5.54. The molecule has 0 spiro atoms. The number of aromatic nitrogens is 3. The third-order valence-corrected chi connectivity index (χ3v) is 5.84. The molecular formula is C24H22ClFN4O2. The summed E-state index contributed by atoms with van der Waals surface area (Å²) in [4.78, 5) is 19.9. The molecule has 0 radical (unpaired) electrons. The number of fused-ring (bicyclic) bond motifs is 1. The molecule has 4 aromatic rings. The van der Waals surface area contributed by atoms with E-state index in [4.69, 9.17) is 11.6 Å². The van der Waals surface area contributed by atoms with Crippen LogP contribution >= 0.6 is 11.6 Å². The largest absolute Gasteiger partial charge is 0.478 e. The summed E-state index contributed by atoms with van der Waals surface area (Å²) in [5, 5.41) is 13.6. The molecule has 2 N–H and O–H groups in total. The van der Waals surface area contributed by atoms with Gasteiger partial charge in [-0.2, -0.15) is 0 Å². The summed E-state index contributed by atoms with van der Waals surface area (Å²) in [6, 6.07) is 10.4. The van der Waals surface area contributed by atoms with Crippen LogP contribution in [-0.4, -0.2) is 32.2 Å². The van der Waals surface area contributed by atoms with Crippen LogP contribution in [0.3, 0.4) is 0 Å². The number of hydrogen-bond donors (Lipinski definition) is 2. The van der Waals surface area contributed by atoms with Gasteiger partial charge in [-0.15, -0.1) is 0 Å². The fourth-order valence-electron chi connectivity index (χ4n) is 3.96. The van der Waals surface area contributed by atoms with E-state index in [1.165, 1.54) is 12.4 Å². The monoisotopic (exact) mass is 452 g/mol. The zero-order valence-electron chi connectivity index (χ0n) is 17.9. The number of nitrogens with zero attached hydrogens (tertiary/aromatic N) is 3. The number of carboxylic acids is 1. The van der Waals surface area contributed by atoms with Crippen molar-refractivity contribution in [2.45, 2.75) is 27.3 Å². The van der Waals surface area contributed by atoms with Gasteiger partial charge < -0.3 is 15.0 Å². The number of rotatable bonds is 6. The second kappa shape index (κ2) is 8.59. The Bertz CT molecular complexity index is 1330. The minimum absolute atomic E-state index is 0.0830. The SMILES string of the molecule is Cc1cc(-c2cc(NCCn3c(C)cc4c(C)ccc(F)c43)ncn2)cc(Cl)c1C(=O)O. The van der Waals surface area contributed by atoms with Crippen molar-refractivity contribution >= 4 is 34.3 Å². The zero-order chi connectivity index (χ0) is 23.0. The molecule has 0 saturated heterocycles. The van der Waals surface area contributed by atoms with Gasteiger partial charge in [-0.05, 0) is 56.2 Å². The number of aromatic carboxylic acids is 1. The molecule has 2 aromatic heterocycles. The molecule has 0 bridgehead atoms. The molecule has 0 amide bonds. The molecule has 0 aliphatic carbocycles.